The van der Waals surface area contributed by atoms with E-state index in [1.165, 1.54) is 42.2 Å². The van der Waals surface area contributed by atoms with Crippen LogP contribution >= 0.6 is 0 Å². The SMILES string of the molecule is C=CCOC(=O)N1c2cc(OCCCCCOc3cc4c(cc3OC)C(=O)N3CC(=C)C[C@H]3CN4C(=O)OCc3ccc(NC(=O)[C@H](C)N)cc3)c(OC)cc2C(=O)N2CC(=C)C[C@H]2C1O. The highest BCUT2D eigenvalue weighted by Gasteiger charge is 2.46. The molecule has 350 valence electrons. The molecule has 0 radical (unpaired) electrons. The van der Waals surface area contributed by atoms with Gasteiger partial charge in [-0.15, -0.1) is 0 Å². The molecule has 0 aliphatic carbocycles. The number of nitrogens with one attached hydrogen (secondary N) is 1. The van der Waals surface area contributed by atoms with Gasteiger partial charge >= 0.3 is 12.2 Å². The molecule has 0 aromatic heterocycles. The van der Waals surface area contributed by atoms with Crippen LogP contribution in [0.15, 0.2) is 85.5 Å². The smallest absolute Gasteiger partial charge is 0.416 e. The van der Waals surface area contributed by atoms with E-state index in [0.717, 1.165) is 16.0 Å². The first-order valence-corrected chi connectivity index (χ1v) is 21.7. The van der Waals surface area contributed by atoms with Gasteiger partial charge in [0.25, 0.3) is 11.8 Å². The van der Waals surface area contributed by atoms with E-state index in [4.69, 9.17) is 34.2 Å². The van der Waals surface area contributed by atoms with E-state index in [0.29, 0.717) is 67.1 Å². The van der Waals surface area contributed by atoms with Gasteiger partial charge in [0.05, 0.1) is 74.6 Å². The summed E-state index contributed by atoms with van der Waals surface area (Å²) in [7, 11) is 2.92. The van der Waals surface area contributed by atoms with Crippen molar-refractivity contribution in [2.24, 2.45) is 5.73 Å². The van der Waals surface area contributed by atoms with Crippen LogP contribution in [0.2, 0.25) is 0 Å². The Hall–Kier alpha value is -7.05. The van der Waals surface area contributed by atoms with Crippen molar-refractivity contribution in [2.45, 2.75) is 70.0 Å². The molecule has 2 saturated heterocycles. The van der Waals surface area contributed by atoms with Gasteiger partial charge in [-0.05, 0) is 68.9 Å². The standard InChI is InChI=1S/C48H56N6O12/c1-7-15-65-48(60)54-37-23-42(40(62-6)21-35(37)45(57)52-25-29(3)19-38(52)46(54)58)64-17-10-8-9-16-63-41-22-36-34(20-39(41)61-5)44(56)51-24-28(2)18-33(51)26-53(36)47(59)66-27-31-11-13-32(14-12-31)50-43(55)30(4)49/h7,11-14,20-23,30,33,38,46,58H,1-3,8-10,15-19,24-27,49H2,4-6H3,(H,50,55)/t30-,33-,38-,46?/m0/s1. The Morgan fingerprint density at radius 1 is 0.818 bits per heavy atom. The summed E-state index contributed by atoms with van der Waals surface area (Å²) in [6.07, 6.45) is 1.16. The number of rotatable bonds is 16. The summed E-state index contributed by atoms with van der Waals surface area (Å²) in [5, 5.41) is 14.2. The van der Waals surface area contributed by atoms with E-state index < -0.39 is 36.4 Å². The number of aliphatic hydroxyl groups excluding tert-OH is 1. The van der Waals surface area contributed by atoms with Crippen LogP contribution in [0.25, 0.3) is 0 Å². The van der Waals surface area contributed by atoms with Crippen molar-refractivity contribution in [3.8, 4) is 23.0 Å². The zero-order valence-electron chi connectivity index (χ0n) is 37.4. The number of benzene rings is 3. The third-order valence-corrected chi connectivity index (χ3v) is 11.8. The first-order valence-electron chi connectivity index (χ1n) is 21.7. The summed E-state index contributed by atoms with van der Waals surface area (Å²) in [4.78, 5) is 72.8. The number of methoxy groups -OCH3 is 2. The van der Waals surface area contributed by atoms with Crippen molar-refractivity contribution in [1.29, 1.82) is 0 Å². The van der Waals surface area contributed by atoms with E-state index in [-0.39, 0.29) is 85.7 Å². The zero-order valence-corrected chi connectivity index (χ0v) is 37.4. The Labute approximate surface area is 383 Å². The molecule has 7 rings (SSSR count). The lowest BCUT2D eigenvalue weighted by Crippen LogP contribution is -2.50. The van der Waals surface area contributed by atoms with E-state index in [9.17, 15) is 29.1 Å². The Morgan fingerprint density at radius 2 is 1.41 bits per heavy atom. The molecule has 18 nitrogen and oxygen atoms in total. The molecule has 2 fully saturated rings. The van der Waals surface area contributed by atoms with Crippen LogP contribution in [0, 0.1) is 0 Å². The van der Waals surface area contributed by atoms with Crippen LogP contribution in [0.1, 0.15) is 65.3 Å². The molecule has 0 bridgehead atoms. The minimum absolute atomic E-state index is 0.0639. The molecular formula is C48H56N6O12. The van der Waals surface area contributed by atoms with Crippen molar-refractivity contribution in [2.75, 3.05) is 68.8 Å². The number of amides is 5. The molecule has 4 aliphatic rings. The first-order chi connectivity index (χ1) is 31.7. The van der Waals surface area contributed by atoms with Crippen molar-refractivity contribution in [1.82, 2.24) is 9.80 Å². The van der Waals surface area contributed by atoms with Crippen molar-refractivity contribution >= 4 is 47.0 Å². The monoisotopic (exact) mass is 908 g/mol. The number of anilines is 3. The molecular weight excluding hydrogens is 853 g/mol. The van der Waals surface area contributed by atoms with E-state index in [1.807, 2.05) is 0 Å². The van der Waals surface area contributed by atoms with Gasteiger partial charge in [-0.1, -0.05) is 49.1 Å². The van der Waals surface area contributed by atoms with E-state index in [2.05, 4.69) is 25.1 Å². The normalized spacial score (nSPS) is 19.1. The molecule has 0 saturated carbocycles. The molecule has 4 N–H and O–H groups in total. The van der Waals surface area contributed by atoms with Gasteiger partial charge in [-0.3, -0.25) is 19.3 Å². The van der Waals surface area contributed by atoms with E-state index >= 15 is 0 Å². The number of aliphatic hydroxyl groups is 1. The molecule has 4 heterocycles. The second-order valence-corrected chi connectivity index (χ2v) is 16.6. The number of hydrogen-bond acceptors (Lipinski definition) is 13. The van der Waals surface area contributed by atoms with Crippen LogP contribution in [0.4, 0.5) is 26.7 Å². The molecule has 4 atom stereocenters. The van der Waals surface area contributed by atoms with Gasteiger partial charge in [0.1, 0.15) is 13.2 Å². The number of carbonyl (C=O) groups excluding carboxylic acids is 5. The minimum Gasteiger partial charge on any atom is -0.493 e. The zero-order chi connectivity index (χ0) is 47.2. The third-order valence-electron chi connectivity index (χ3n) is 11.8. The number of fused-ring (bicyclic) bond motifs is 4. The van der Waals surface area contributed by atoms with Crippen molar-refractivity contribution in [3.05, 3.63) is 102 Å². The Balaban J connectivity index is 1.01. The van der Waals surface area contributed by atoms with Gasteiger partial charge in [0.15, 0.2) is 29.2 Å². The summed E-state index contributed by atoms with van der Waals surface area (Å²) in [6.45, 7) is 14.4. The van der Waals surface area contributed by atoms with Gasteiger partial charge in [-0.25, -0.2) is 14.5 Å². The quantitative estimate of drug-likeness (QED) is 0.115. The highest BCUT2D eigenvalue weighted by atomic mass is 16.6. The van der Waals surface area contributed by atoms with Crippen molar-refractivity contribution in [3.63, 3.8) is 0 Å². The number of hydrogen-bond donors (Lipinski definition) is 3. The molecule has 3 aromatic carbocycles. The number of nitrogens with two attached hydrogens (primary N) is 1. The topological polar surface area (TPSA) is 212 Å². The lowest BCUT2D eigenvalue weighted by atomic mass is 10.1. The fraction of sp³-hybridized carbons (Fsp3) is 0.396. The molecule has 0 spiro atoms. The van der Waals surface area contributed by atoms with Gasteiger partial charge in [-0.2, -0.15) is 0 Å². The molecule has 3 aromatic rings. The molecule has 4 aliphatic heterocycles. The van der Waals surface area contributed by atoms with Crippen LogP contribution in [0.3, 0.4) is 0 Å². The maximum Gasteiger partial charge on any atom is 0.416 e. The van der Waals surface area contributed by atoms with Crippen LogP contribution in [-0.2, 0) is 20.9 Å². The highest BCUT2D eigenvalue weighted by Crippen LogP contribution is 2.43. The average molecular weight is 909 g/mol. The summed E-state index contributed by atoms with van der Waals surface area (Å²) in [5.74, 6) is 0.204. The second kappa shape index (κ2) is 20.4. The van der Waals surface area contributed by atoms with Gasteiger partial charge in [0, 0.05) is 30.9 Å². The summed E-state index contributed by atoms with van der Waals surface area (Å²) in [5.41, 5.74) is 9.37. The first kappa shape index (κ1) is 46.9. The lowest BCUT2D eigenvalue weighted by molar-refractivity contribution is -0.117. The molecule has 5 amide bonds. The molecule has 66 heavy (non-hydrogen) atoms. The maximum atomic E-state index is 14.0. The minimum atomic E-state index is -1.42. The van der Waals surface area contributed by atoms with E-state index in [1.54, 1.807) is 48.2 Å². The predicted octanol–water partition coefficient (Wildman–Crippen LogP) is 5.78. The summed E-state index contributed by atoms with van der Waals surface area (Å²) >= 11 is 0. The third kappa shape index (κ3) is 9.94. The van der Waals surface area contributed by atoms with Crippen LogP contribution < -0.4 is 39.8 Å². The summed E-state index contributed by atoms with van der Waals surface area (Å²) in [6, 6.07) is 11.4. The number of ether oxygens (including phenoxy) is 6. The fourth-order valence-electron chi connectivity index (χ4n) is 8.43. The Kier molecular flexibility index (Phi) is 14.5. The summed E-state index contributed by atoms with van der Waals surface area (Å²) < 4.78 is 34.8. The van der Waals surface area contributed by atoms with Crippen LogP contribution in [-0.4, -0.2) is 123 Å². The maximum absolute atomic E-state index is 14.0. The van der Waals surface area contributed by atoms with Crippen molar-refractivity contribution < 1.29 is 57.5 Å². The predicted molar refractivity (Wildman–Crippen MR) is 244 cm³/mol. The number of carbonyl (C=O) groups is 5. The average Bonchev–Trinajstić information content (AvgIpc) is 3.85. The number of unbranched alkanes of at least 4 members (excludes halogenated alkanes) is 2. The number of nitrogens with zero attached hydrogens (tertiary/aromatic N) is 4. The Morgan fingerprint density at radius 3 is 2.03 bits per heavy atom. The van der Waals surface area contributed by atoms with Crippen LogP contribution in [0.5, 0.6) is 23.0 Å². The highest BCUT2D eigenvalue weighted by molar-refractivity contribution is 6.07. The lowest BCUT2D eigenvalue weighted by Gasteiger charge is -2.31. The van der Waals surface area contributed by atoms with Gasteiger partial charge in [0.2, 0.25) is 5.91 Å². The molecule has 1 unspecified atom stereocenters. The van der Waals surface area contributed by atoms with Gasteiger partial charge < -0.3 is 54.4 Å². The Bertz CT molecular complexity index is 2400. The largest absolute Gasteiger partial charge is 0.493 e. The fourth-order valence-corrected chi connectivity index (χ4v) is 8.43. The second-order valence-electron chi connectivity index (χ2n) is 16.6. The molecule has 18 heteroatoms.